The van der Waals surface area contributed by atoms with Gasteiger partial charge in [0.1, 0.15) is 0 Å². The van der Waals surface area contributed by atoms with Gasteiger partial charge < -0.3 is 15.2 Å². The molecule has 0 amide bonds. The van der Waals surface area contributed by atoms with Gasteiger partial charge in [-0.2, -0.15) is 0 Å². The molecule has 1 rings (SSSR count). The molecule has 0 bridgehead atoms. The molecule has 2 N–H and O–H groups in total. The largest absolute Gasteiger partial charge is 0.392 e. The Kier molecular flexibility index (Phi) is 7.01. The zero-order chi connectivity index (χ0) is 11.8. The van der Waals surface area contributed by atoms with Crippen molar-refractivity contribution >= 4 is 0 Å². The monoisotopic (exact) mass is 229 g/mol. The number of nitrogens with one attached hydrogen (secondary N) is 1. The van der Waals surface area contributed by atoms with Crippen LogP contribution in [0.25, 0.3) is 0 Å². The van der Waals surface area contributed by atoms with Gasteiger partial charge >= 0.3 is 0 Å². The second-order valence-electron chi connectivity index (χ2n) is 5.21. The minimum atomic E-state index is -0.149. The molecule has 0 unspecified atom stereocenters. The van der Waals surface area contributed by atoms with Gasteiger partial charge in [-0.1, -0.05) is 26.7 Å². The standard InChI is InChI=1S/C13H27NO2/c1-11(2)7-9-16-10-8-14-12-5-3-4-6-13(12)15/h11-15H,3-10H2,1-2H3/t12-,13-/m0/s1. The second kappa shape index (κ2) is 8.04. The minimum absolute atomic E-state index is 0.149. The van der Waals surface area contributed by atoms with Crippen molar-refractivity contribution in [2.45, 2.75) is 58.1 Å². The van der Waals surface area contributed by atoms with E-state index in [1.165, 1.54) is 12.8 Å². The average Bonchev–Trinajstić information content (AvgIpc) is 2.25. The van der Waals surface area contributed by atoms with Crippen molar-refractivity contribution in [3.63, 3.8) is 0 Å². The number of hydrogen-bond acceptors (Lipinski definition) is 3. The second-order valence-corrected chi connectivity index (χ2v) is 5.21. The summed E-state index contributed by atoms with van der Waals surface area (Å²) < 4.78 is 5.53. The maximum Gasteiger partial charge on any atom is 0.0693 e. The van der Waals surface area contributed by atoms with Crippen LogP contribution in [0.2, 0.25) is 0 Å². The van der Waals surface area contributed by atoms with E-state index in [-0.39, 0.29) is 6.10 Å². The molecule has 0 heterocycles. The SMILES string of the molecule is CC(C)CCOCCN[C@H]1CCCC[C@@H]1O. The van der Waals surface area contributed by atoms with Crippen molar-refractivity contribution in [2.24, 2.45) is 5.92 Å². The van der Waals surface area contributed by atoms with Gasteiger partial charge in [0, 0.05) is 19.2 Å². The maximum absolute atomic E-state index is 9.74. The number of aliphatic hydroxyl groups excluding tert-OH is 1. The van der Waals surface area contributed by atoms with E-state index < -0.39 is 0 Å². The Balaban J connectivity index is 1.94. The topological polar surface area (TPSA) is 41.5 Å². The lowest BCUT2D eigenvalue weighted by Gasteiger charge is -2.28. The van der Waals surface area contributed by atoms with Crippen LogP contribution in [0.4, 0.5) is 0 Å². The van der Waals surface area contributed by atoms with E-state index in [9.17, 15) is 5.11 Å². The maximum atomic E-state index is 9.74. The molecule has 3 nitrogen and oxygen atoms in total. The molecule has 0 saturated heterocycles. The van der Waals surface area contributed by atoms with Gasteiger partial charge in [-0.15, -0.1) is 0 Å². The van der Waals surface area contributed by atoms with Crippen LogP contribution in [0.1, 0.15) is 46.0 Å². The fourth-order valence-corrected chi connectivity index (χ4v) is 2.09. The molecule has 1 fully saturated rings. The minimum Gasteiger partial charge on any atom is -0.392 e. The molecule has 96 valence electrons. The van der Waals surface area contributed by atoms with Crippen LogP contribution in [0, 0.1) is 5.92 Å². The molecule has 0 spiro atoms. The van der Waals surface area contributed by atoms with Crippen molar-refractivity contribution in [1.29, 1.82) is 0 Å². The number of aliphatic hydroxyl groups is 1. The third-order valence-electron chi connectivity index (χ3n) is 3.22. The van der Waals surface area contributed by atoms with Crippen LogP contribution in [0.3, 0.4) is 0 Å². The predicted octanol–water partition coefficient (Wildman–Crippen LogP) is 1.94. The van der Waals surface area contributed by atoms with Crippen molar-refractivity contribution < 1.29 is 9.84 Å². The molecule has 3 heteroatoms. The first-order valence-electron chi connectivity index (χ1n) is 6.69. The summed E-state index contributed by atoms with van der Waals surface area (Å²) >= 11 is 0. The van der Waals surface area contributed by atoms with Gasteiger partial charge in [-0.05, 0) is 25.2 Å². The van der Waals surface area contributed by atoms with Crippen molar-refractivity contribution in [1.82, 2.24) is 5.32 Å². The Morgan fingerprint density at radius 1 is 1.25 bits per heavy atom. The Labute approximate surface area is 99.6 Å². The van der Waals surface area contributed by atoms with Crippen LogP contribution in [0.5, 0.6) is 0 Å². The molecule has 0 aliphatic heterocycles. The highest BCUT2D eigenvalue weighted by Crippen LogP contribution is 2.17. The number of rotatable bonds is 7. The molecule has 0 aromatic rings. The fraction of sp³-hybridized carbons (Fsp3) is 1.00. The van der Waals surface area contributed by atoms with E-state index in [0.29, 0.717) is 12.0 Å². The van der Waals surface area contributed by atoms with E-state index in [0.717, 1.165) is 39.0 Å². The van der Waals surface area contributed by atoms with Crippen molar-refractivity contribution in [3.8, 4) is 0 Å². The van der Waals surface area contributed by atoms with Crippen LogP contribution in [0.15, 0.2) is 0 Å². The zero-order valence-corrected chi connectivity index (χ0v) is 10.7. The summed E-state index contributed by atoms with van der Waals surface area (Å²) in [4.78, 5) is 0. The Morgan fingerprint density at radius 3 is 2.69 bits per heavy atom. The molecular weight excluding hydrogens is 202 g/mol. The summed E-state index contributed by atoms with van der Waals surface area (Å²) in [5, 5.41) is 13.1. The normalized spacial score (nSPS) is 26.2. The van der Waals surface area contributed by atoms with Gasteiger partial charge in [0.2, 0.25) is 0 Å². The summed E-state index contributed by atoms with van der Waals surface area (Å²) in [6.45, 7) is 6.89. The van der Waals surface area contributed by atoms with Crippen LogP contribution in [-0.4, -0.2) is 37.0 Å². The first kappa shape index (κ1) is 13.9. The van der Waals surface area contributed by atoms with Gasteiger partial charge in [0.25, 0.3) is 0 Å². The molecular formula is C13H27NO2. The molecule has 1 aliphatic carbocycles. The zero-order valence-electron chi connectivity index (χ0n) is 10.7. The molecule has 0 radical (unpaired) electrons. The molecule has 1 aliphatic rings. The molecule has 2 atom stereocenters. The molecule has 16 heavy (non-hydrogen) atoms. The van der Waals surface area contributed by atoms with E-state index in [2.05, 4.69) is 19.2 Å². The highest BCUT2D eigenvalue weighted by atomic mass is 16.5. The predicted molar refractivity (Wildman–Crippen MR) is 66.5 cm³/mol. The summed E-state index contributed by atoms with van der Waals surface area (Å²) in [6.07, 6.45) is 5.45. The van der Waals surface area contributed by atoms with E-state index >= 15 is 0 Å². The first-order valence-corrected chi connectivity index (χ1v) is 6.69. The average molecular weight is 229 g/mol. The lowest BCUT2D eigenvalue weighted by atomic mass is 9.93. The van der Waals surface area contributed by atoms with Gasteiger partial charge in [-0.25, -0.2) is 0 Å². The van der Waals surface area contributed by atoms with Gasteiger partial charge in [-0.3, -0.25) is 0 Å². The van der Waals surface area contributed by atoms with Crippen molar-refractivity contribution in [3.05, 3.63) is 0 Å². The number of hydrogen-bond donors (Lipinski definition) is 2. The summed E-state index contributed by atoms with van der Waals surface area (Å²) in [5.74, 6) is 0.716. The van der Waals surface area contributed by atoms with Gasteiger partial charge in [0.15, 0.2) is 0 Å². The first-order chi connectivity index (χ1) is 7.70. The highest BCUT2D eigenvalue weighted by Gasteiger charge is 2.21. The third-order valence-corrected chi connectivity index (χ3v) is 3.22. The Hall–Kier alpha value is -0.120. The van der Waals surface area contributed by atoms with E-state index in [1.54, 1.807) is 0 Å². The van der Waals surface area contributed by atoms with E-state index in [4.69, 9.17) is 4.74 Å². The molecule has 1 saturated carbocycles. The lowest BCUT2D eigenvalue weighted by molar-refractivity contribution is 0.0786. The quantitative estimate of drug-likeness (QED) is 0.656. The summed E-state index contributed by atoms with van der Waals surface area (Å²) in [7, 11) is 0. The fourth-order valence-electron chi connectivity index (χ4n) is 2.09. The van der Waals surface area contributed by atoms with Crippen LogP contribution >= 0.6 is 0 Å². The Morgan fingerprint density at radius 2 is 2.00 bits per heavy atom. The van der Waals surface area contributed by atoms with Gasteiger partial charge in [0.05, 0.1) is 12.7 Å². The van der Waals surface area contributed by atoms with Crippen LogP contribution < -0.4 is 5.32 Å². The summed E-state index contributed by atoms with van der Waals surface area (Å²) in [5.41, 5.74) is 0. The smallest absolute Gasteiger partial charge is 0.0693 e. The highest BCUT2D eigenvalue weighted by molar-refractivity contribution is 4.79. The molecule has 0 aromatic carbocycles. The van der Waals surface area contributed by atoms with Crippen LogP contribution in [-0.2, 0) is 4.74 Å². The summed E-state index contributed by atoms with van der Waals surface area (Å²) in [6, 6.07) is 0.294. The third kappa shape index (κ3) is 5.83. The molecule has 0 aromatic heterocycles. The van der Waals surface area contributed by atoms with Crippen molar-refractivity contribution in [2.75, 3.05) is 19.8 Å². The van der Waals surface area contributed by atoms with E-state index in [1.807, 2.05) is 0 Å². The lowest BCUT2D eigenvalue weighted by Crippen LogP contribution is -2.43. The number of ether oxygens (including phenoxy) is 1. The Bertz CT molecular complexity index is 173.